The Bertz CT molecular complexity index is 813. The summed E-state index contributed by atoms with van der Waals surface area (Å²) >= 11 is 0. The number of rotatable bonds is 3. The van der Waals surface area contributed by atoms with Gasteiger partial charge in [0.1, 0.15) is 11.4 Å². The molecule has 1 fully saturated rings. The predicted molar refractivity (Wildman–Crippen MR) is 86.6 cm³/mol. The van der Waals surface area contributed by atoms with Gasteiger partial charge in [-0.15, -0.1) is 0 Å². The molecule has 2 heterocycles. The molecule has 0 radical (unpaired) electrons. The number of aromatic nitrogens is 1. The average Bonchev–Trinajstić information content (AvgIpc) is 3.02. The highest BCUT2D eigenvalue weighted by molar-refractivity contribution is 5.74. The van der Waals surface area contributed by atoms with Gasteiger partial charge in [-0.25, -0.2) is 15.8 Å². The molecule has 0 aliphatic carbocycles. The molecule has 2 unspecified atom stereocenters. The molecule has 1 saturated heterocycles. The summed E-state index contributed by atoms with van der Waals surface area (Å²) in [6, 6.07) is 11.9. The first-order valence-electron chi connectivity index (χ1n) is 7.33. The number of ether oxygens (including phenoxy) is 1. The molecule has 3 rings (SSSR count). The van der Waals surface area contributed by atoms with Gasteiger partial charge in [0.05, 0.1) is 0 Å². The number of nitrogens with one attached hydrogen (secondary N) is 3. The predicted octanol–water partition coefficient (Wildman–Crippen LogP) is 0.560. The maximum Gasteiger partial charge on any atom is 0.327 e. The standard InChI is InChI=1S/C17H16N4O3/c1-11-4-2-6-13(18-11)9-8-12-5-3-7-14(10-12)24-16-15(17(22)23)19-21-20-16/h2-7,10,15-16,19-21H,1H3,(H,22,23). The Kier molecular flexibility index (Phi) is 4.72. The number of aryl methyl sites for hydroxylation is 1. The zero-order valence-electron chi connectivity index (χ0n) is 12.9. The number of carboxylic acids is 1. The van der Waals surface area contributed by atoms with Crippen molar-refractivity contribution in [2.45, 2.75) is 19.2 Å². The van der Waals surface area contributed by atoms with Gasteiger partial charge >= 0.3 is 5.97 Å². The van der Waals surface area contributed by atoms with Crippen LogP contribution in [0, 0.1) is 18.8 Å². The Morgan fingerprint density at radius 1 is 1.21 bits per heavy atom. The topological polar surface area (TPSA) is 95.5 Å². The second kappa shape index (κ2) is 7.10. The van der Waals surface area contributed by atoms with Crippen LogP contribution in [0.4, 0.5) is 0 Å². The lowest BCUT2D eigenvalue weighted by molar-refractivity contribution is -0.141. The first-order valence-corrected chi connectivity index (χ1v) is 7.33. The van der Waals surface area contributed by atoms with E-state index in [0.29, 0.717) is 11.4 Å². The van der Waals surface area contributed by atoms with E-state index < -0.39 is 18.2 Å². The lowest BCUT2D eigenvalue weighted by Gasteiger charge is -2.16. The molecule has 2 atom stereocenters. The van der Waals surface area contributed by atoms with Crippen LogP contribution in [0.5, 0.6) is 5.75 Å². The van der Waals surface area contributed by atoms with Crippen molar-refractivity contribution in [1.82, 2.24) is 21.4 Å². The van der Waals surface area contributed by atoms with Gasteiger partial charge in [-0.2, -0.15) is 5.53 Å². The van der Waals surface area contributed by atoms with Gasteiger partial charge in [0, 0.05) is 11.3 Å². The van der Waals surface area contributed by atoms with Crippen molar-refractivity contribution in [3.05, 3.63) is 59.4 Å². The minimum Gasteiger partial charge on any atom is -0.480 e. The van der Waals surface area contributed by atoms with Gasteiger partial charge < -0.3 is 9.84 Å². The Morgan fingerprint density at radius 3 is 2.83 bits per heavy atom. The summed E-state index contributed by atoms with van der Waals surface area (Å²) in [6.45, 7) is 1.91. The van der Waals surface area contributed by atoms with Crippen LogP contribution in [0.3, 0.4) is 0 Å². The van der Waals surface area contributed by atoms with Crippen LogP contribution < -0.4 is 21.1 Å². The van der Waals surface area contributed by atoms with E-state index in [1.807, 2.05) is 31.2 Å². The minimum atomic E-state index is -1.01. The molecule has 0 saturated carbocycles. The highest BCUT2D eigenvalue weighted by Crippen LogP contribution is 2.15. The van der Waals surface area contributed by atoms with E-state index in [-0.39, 0.29) is 0 Å². The Balaban J connectivity index is 1.74. The van der Waals surface area contributed by atoms with Crippen molar-refractivity contribution in [3.63, 3.8) is 0 Å². The van der Waals surface area contributed by atoms with Gasteiger partial charge in [0.25, 0.3) is 0 Å². The van der Waals surface area contributed by atoms with Gasteiger partial charge in [0.15, 0.2) is 12.3 Å². The first-order chi connectivity index (χ1) is 11.6. The average molecular weight is 324 g/mol. The van der Waals surface area contributed by atoms with E-state index in [1.165, 1.54) is 0 Å². The van der Waals surface area contributed by atoms with E-state index in [0.717, 1.165) is 11.3 Å². The molecular weight excluding hydrogens is 308 g/mol. The Hall–Kier alpha value is -2.92. The Labute approximate surface area is 139 Å². The maximum absolute atomic E-state index is 11.1. The zero-order chi connectivity index (χ0) is 16.9. The van der Waals surface area contributed by atoms with Crippen molar-refractivity contribution in [1.29, 1.82) is 0 Å². The SMILES string of the molecule is Cc1cccc(C#Cc2cccc(OC3NNNC3C(=O)O)c2)n1. The molecule has 122 valence electrons. The highest BCUT2D eigenvalue weighted by atomic mass is 16.5. The van der Waals surface area contributed by atoms with E-state index in [9.17, 15) is 4.79 Å². The molecule has 0 bridgehead atoms. The molecule has 1 aromatic heterocycles. The summed E-state index contributed by atoms with van der Waals surface area (Å²) in [5.41, 5.74) is 10.2. The second-order valence-electron chi connectivity index (χ2n) is 5.21. The molecular formula is C17H16N4O3. The fourth-order valence-corrected chi connectivity index (χ4v) is 2.18. The molecule has 0 spiro atoms. The second-order valence-corrected chi connectivity index (χ2v) is 5.21. The summed E-state index contributed by atoms with van der Waals surface area (Å²) < 4.78 is 5.66. The number of benzene rings is 1. The molecule has 1 aliphatic rings. The molecule has 7 nitrogen and oxygen atoms in total. The van der Waals surface area contributed by atoms with Gasteiger partial charge in [-0.3, -0.25) is 4.79 Å². The van der Waals surface area contributed by atoms with E-state index in [1.54, 1.807) is 18.2 Å². The summed E-state index contributed by atoms with van der Waals surface area (Å²) in [5, 5.41) is 9.10. The lowest BCUT2D eigenvalue weighted by Crippen LogP contribution is -2.44. The molecule has 7 heteroatoms. The van der Waals surface area contributed by atoms with Crippen molar-refractivity contribution < 1.29 is 14.6 Å². The number of carboxylic acid groups (broad SMARTS) is 1. The third-order valence-electron chi connectivity index (χ3n) is 3.33. The fourth-order valence-electron chi connectivity index (χ4n) is 2.18. The molecule has 24 heavy (non-hydrogen) atoms. The summed E-state index contributed by atoms with van der Waals surface area (Å²) in [7, 11) is 0. The van der Waals surface area contributed by atoms with Crippen molar-refractivity contribution in [2.24, 2.45) is 0 Å². The van der Waals surface area contributed by atoms with Crippen LogP contribution in [0.25, 0.3) is 0 Å². The van der Waals surface area contributed by atoms with E-state index in [4.69, 9.17) is 9.84 Å². The fraction of sp³-hybridized carbons (Fsp3) is 0.176. The van der Waals surface area contributed by atoms with Gasteiger partial charge in [-0.1, -0.05) is 18.1 Å². The largest absolute Gasteiger partial charge is 0.480 e. The minimum absolute atomic E-state index is 0.522. The number of carbonyl (C=O) groups is 1. The van der Waals surface area contributed by atoms with Crippen LogP contribution in [-0.2, 0) is 4.79 Å². The summed E-state index contributed by atoms with van der Waals surface area (Å²) in [5.74, 6) is 5.53. The van der Waals surface area contributed by atoms with Crippen molar-refractivity contribution >= 4 is 5.97 Å². The van der Waals surface area contributed by atoms with Crippen LogP contribution >= 0.6 is 0 Å². The van der Waals surface area contributed by atoms with Crippen molar-refractivity contribution in [2.75, 3.05) is 0 Å². The molecule has 2 aromatic rings. The van der Waals surface area contributed by atoms with Crippen LogP contribution in [0.2, 0.25) is 0 Å². The molecule has 1 aliphatic heterocycles. The number of hydrogen-bond acceptors (Lipinski definition) is 6. The number of nitrogens with zero attached hydrogens (tertiary/aromatic N) is 1. The first kappa shape index (κ1) is 16.0. The third-order valence-corrected chi connectivity index (χ3v) is 3.33. The Morgan fingerprint density at radius 2 is 2.04 bits per heavy atom. The molecule has 0 amide bonds. The number of hydrogen-bond donors (Lipinski definition) is 4. The van der Waals surface area contributed by atoms with Crippen LogP contribution in [-0.4, -0.2) is 28.3 Å². The van der Waals surface area contributed by atoms with Crippen LogP contribution in [0.15, 0.2) is 42.5 Å². The monoisotopic (exact) mass is 324 g/mol. The smallest absolute Gasteiger partial charge is 0.327 e. The normalized spacial score (nSPS) is 19.4. The lowest BCUT2D eigenvalue weighted by atomic mass is 10.2. The van der Waals surface area contributed by atoms with Crippen molar-refractivity contribution in [3.8, 4) is 17.6 Å². The number of pyridine rings is 1. The molecule has 4 N–H and O–H groups in total. The van der Waals surface area contributed by atoms with Gasteiger partial charge in [-0.05, 0) is 43.2 Å². The molecule has 1 aromatic carbocycles. The third kappa shape index (κ3) is 3.88. The van der Waals surface area contributed by atoms with Crippen LogP contribution in [0.1, 0.15) is 17.0 Å². The zero-order valence-corrected chi connectivity index (χ0v) is 12.9. The van der Waals surface area contributed by atoms with E-state index >= 15 is 0 Å². The maximum atomic E-state index is 11.1. The quantitative estimate of drug-likeness (QED) is 0.613. The summed E-state index contributed by atoms with van der Waals surface area (Å²) in [4.78, 5) is 15.4. The number of aliphatic carboxylic acids is 1. The summed E-state index contributed by atoms with van der Waals surface area (Å²) in [6.07, 6.45) is -0.732. The van der Waals surface area contributed by atoms with E-state index in [2.05, 4.69) is 33.2 Å². The van der Waals surface area contributed by atoms with Gasteiger partial charge in [0.2, 0.25) is 0 Å². The number of hydrazine groups is 2. The highest BCUT2D eigenvalue weighted by Gasteiger charge is 2.34.